The molecule has 0 aromatic heterocycles. The van der Waals surface area contributed by atoms with Crippen LogP contribution in [0.15, 0.2) is 24.3 Å². The molecule has 1 aromatic carbocycles. The normalized spacial score (nSPS) is 9.65. The lowest BCUT2D eigenvalue weighted by atomic mass is 10.2. The topological polar surface area (TPSA) is 110 Å². The van der Waals surface area contributed by atoms with E-state index >= 15 is 0 Å². The number of rotatable bonds is 5. The number of hydrogen-bond acceptors (Lipinski definition) is 6. The second kappa shape index (κ2) is 5.59. The Balaban J connectivity index is 2.65. The zero-order chi connectivity index (χ0) is 12.8. The zero-order valence-electron chi connectivity index (χ0n) is 8.62. The van der Waals surface area contributed by atoms with E-state index in [0.29, 0.717) is 0 Å². The zero-order valence-corrected chi connectivity index (χ0v) is 8.62. The van der Waals surface area contributed by atoms with Gasteiger partial charge in [-0.3, -0.25) is 10.1 Å². The van der Waals surface area contributed by atoms with Gasteiger partial charge in [-0.1, -0.05) is 6.07 Å². The van der Waals surface area contributed by atoms with Crippen molar-refractivity contribution >= 4 is 17.6 Å². The molecule has 0 unspecified atom stereocenters. The molecule has 17 heavy (non-hydrogen) atoms. The first-order valence-corrected chi connectivity index (χ1v) is 4.62. The van der Waals surface area contributed by atoms with Crippen LogP contribution in [0.3, 0.4) is 0 Å². The van der Waals surface area contributed by atoms with Gasteiger partial charge in [0.05, 0.1) is 17.1 Å². The molecule has 0 aliphatic heterocycles. The third-order valence-corrected chi connectivity index (χ3v) is 1.83. The summed E-state index contributed by atoms with van der Waals surface area (Å²) >= 11 is 0. The molecule has 0 saturated heterocycles. The van der Waals surface area contributed by atoms with Gasteiger partial charge in [0.1, 0.15) is 0 Å². The van der Waals surface area contributed by atoms with Crippen molar-refractivity contribution < 1.29 is 24.4 Å². The lowest BCUT2D eigenvalue weighted by Gasteiger charge is -2.04. The SMILES string of the molecule is O=C([O-])CCOC(=O)c1cccc([N+](=O)[O-])c1. The lowest BCUT2D eigenvalue weighted by molar-refractivity contribution is -0.384. The molecule has 0 aliphatic carbocycles. The third-order valence-electron chi connectivity index (χ3n) is 1.83. The molecule has 7 heteroatoms. The molecule has 0 atom stereocenters. The summed E-state index contributed by atoms with van der Waals surface area (Å²) in [6.45, 7) is -0.330. The monoisotopic (exact) mass is 238 g/mol. The van der Waals surface area contributed by atoms with Gasteiger partial charge in [0.25, 0.3) is 5.69 Å². The number of benzene rings is 1. The van der Waals surface area contributed by atoms with Crippen molar-refractivity contribution in [3.8, 4) is 0 Å². The van der Waals surface area contributed by atoms with Crippen LogP contribution in [0.4, 0.5) is 5.69 Å². The Morgan fingerprint density at radius 3 is 2.65 bits per heavy atom. The van der Waals surface area contributed by atoms with Crippen LogP contribution in [0.5, 0.6) is 0 Å². The largest absolute Gasteiger partial charge is 0.550 e. The quantitative estimate of drug-likeness (QED) is 0.402. The third kappa shape index (κ3) is 3.90. The van der Waals surface area contributed by atoms with E-state index in [1.807, 2.05) is 0 Å². The first-order chi connectivity index (χ1) is 8.00. The van der Waals surface area contributed by atoms with Crippen LogP contribution in [0, 0.1) is 10.1 Å². The number of carbonyl (C=O) groups excluding carboxylic acids is 2. The van der Waals surface area contributed by atoms with E-state index in [1.165, 1.54) is 18.2 Å². The van der Waals surface area contributed by atoms with Crippen molar-refractivity contribution in [2.75, 3.05) is 6.61 Å². The van der Waals surface area contributed by atoms with Crippen LogP contribution in [0.1, 0.15) is 16.8 Å². The number of carboxylic acids is 1. The summed E-state index contributed by atoms with van der Waals surface area (Å²) in [6, 6.07) is 4.97. The summed E-state index contributed by atoms with van der Waals surface area (Å²) in [5, 5.41) is 20.5. The fraction of sp³-hybridized carbons (Fsp3) is 0.200. The lowest BCUT2D eigenvalue weighted by Crippen LogP contribution is -2.24. The van der Waals surface area contributed by atoms with Crippen LogP contribution in [-0.2, 0) is 9.53 Å². The first-order valence-electron chi connectivity index (χ1n) is 4.62. The average Bonchev–Trinajstić information content (AvgIpc) is 2.28. The van der Waals surface area contributed by atoms with Crippen LogP contribution in [0.2, 0.25) is 0 Å². The molecule has 0 fully saturated rings. The number of ether oxygens (including phenoxy) is 1. The molecule has 0 N–H and O–H groups in total. The van der Waals surface area contributed by atoms with Gasteiger partial charge in [0.15, 0.2) is 0 Å². The summed E-state index contributed by atoms with van der Waals surface area (Å²) < 4.78 is 4.59. The number of carbonyl (C=O) groups is 2. The highest BCUT2D eigenvalue weighted by Gasteiger charge is 2.12. The Hall–Kier alpha value is -2.44. The maximum atomic E-state index is 11.3. The van der Waals surface area contributed by atoms with Crippen molar-refractivity contribution in [3.05, 3.63) is 39.9 Å². The van der Waals surface area contributed by atoms with Gasteiger partial charge in [0.2, 0.25) is 0 Å². The summed E-state index contributed by atoms with van der Waals surface area (Å²) in [6.07, 6.45) is -0.416. The van der Waals surface area contributed by atoms with E-state index in [1.54, 1.807) is 0 Å². The second-order valence-electron chi connectivity index (χ2n) is 3.07. The van der Waals surface area contributed by atoms with Gasteiger partial charge in [0, 0.05) is 24.5 Å². The minimum atomic E-state index is -1.34. The Labute approximate surface area is 95.8 Å². The highest BCUT2D eigenvalue weighted by atomic mass is 16.6. The van der Waals surface area contributed by atoms with Crippen LogP contribution >= 0.6 is 0 Å². The number of nitrogens with zero attached hydrogens (tertiary/aromatic N) is 1. The van der Waals surface area contributed by atoms with Crippen LogP contribution in [0.25, 0.3) is 0 Å². The van der Waals surface area contributed by atoms with Gasteiger partial charge >= 0.3 is 5.97 Å². The van der Waals surface area contributed by atoms with Gasteiger partial charge in [-0.2, -0.15) is 0 Å². The molecule has 1 aromatic rings. The predicted molar refractivity (Wildman–Crippen MR) is 53.0 cm³/mol. The van der Waals surface area contributed by atoms with Crippen LogP contribution < -0.4 is 5.11 Å². The Morgan fingerprint density at radius 1 is 1.35 bits per heavy atom. The summed E-state index contributed by atoms with van der Waals surface area (Å²) in [7, 11) is 0. The Kier molecular flexibility index (Phi) is 4.15. The number of non-ortho nitro benzene ring substituents is 1. The number of nitro benzene ring substituents is 1. The van der Waals surface area contributed by atoms with Gasteiger partial charge in [-0.15, -0.1) is 0 Å². The molecule has 1 rings (SSSR count). The minimum Gasteiger partial charge on any atom is -0.550 e. The van der Waals surface area contributed by atoms with Gasteiger partial charge in [-0.25, -0.2) is 4.79 Å². The standard InChI is InChI=1S/C10H9NO6/c12-9(13)4-5-17-10(14)7-2-1-3-8(6-7)11(15)16/h1-3,6H,4-5H2,(H,12,13)/p-1. The molecule has 0 aliphatic rings. The van der Waals surface area contributed by atoms with Crippen LogP contribution in [-0.4, -0.2) is 23.5 Å². The number of nitro groups is 1. The number of hydrogen-bond donors (Lipinski definition) is 0. The Bertz CT molecular complexity index is 456. The molecule has 0 bridgehead atoms. The van der Waals surface area contributed by atoms with Crippen molar-refractivity contribution in [2.24, 2.45) is 0 Å². The van der Waals surface area contributed by atoms with E-state index in [0.717, 1.165) is 6.07 Å². The molecule has 90 valence electrons. The molecular weight excluding hydrogens is 230 g/mol. The van der Waals surface area contributed by atoms with E-state index in [9.17, 15) is 24.8 Å². The molecule has 0 heterocycles. The fourth-order valence-electron chi connectivity index (χ4n) is 1.06. The molecule has 0 saturated carbocycles. The van der Waals surface area contributed by atoms with E-state index < -0.39 is 23.3 Å². The molecule has 0 radical (unpaired) electrons. The van der Waals surface area contributed by atoms with Crippen molar-refractivity contribution in [1.82, 2.24) is 0 Å². The maximum absolute atomic E-state index is 11.3. The highest BCUT2D eigenvalue weighted by Crippen LogP contribution is 2.13. The molecule has 0 spiro atoms. The Morgan fingerprint density at radius 2 is 2.06 bits per heavy atom. The van der Waals surface area contributed by atoms with E-state index in [2.05, 4.69) is 4.74 Å². The number of carboxylic acid groups (broad SMARTS) is 1. The summed E-state index contributed by atoms with van der Waals surface area (Å²) in [4.78, 5) is 31.2. The van der Waals surface area contributed by atoms with Gasteiger partial charge < -0.3 is 14.6 Å². The number of esters is 1. The molecule has 0 amide bonds. The molecular formula is C10H8NO6-. The van der Waals surface area contributed by atoms with Gasteiger partial charge in [-0.05, 0) is 6.07 Å². The maximum Gasteiger partial charge on any atom is 0.338 e. The minimum absolute atomic E-state index is 0.00227. The van der Waals surface area contributed by atoms with E-state index in [4.69, 9.17) is 0 Å². The van der Waals surface area contributed by atoms with E-state index in [-0.39, 0.29) is 17.9 Å². The second-order valence-corrected chi connectivity index (χ2v) is 3.07. The summed E-state index contributed by atoms with van der Waals surface area (Å²) in [5.41, 5.74) is -0.239. The van der Waals surface area contributed by atoms with Crippen molar-refractivity contribution in [2.45, 2.75) is 6.42 Å². The molecule has 7 nitrogen and oxygen atoms in total. The smallest absolute Gasteiger partial charge is 0.338 e. The van der Waals surface area contributed by atoms with Crippen molar-refractivity contribution in [3.63, 3.8) is 0 Å². The fourth-order valence-corrected chi connectivity index (χ4v) is 1.06. The number of aliphatic carboxylic acids is 1. The average molecular weight is 238 g/mol. The summed E-state index contributed by atoms with van der Waals surface area (Å²) in [5.74, 6) is -2.15. The van der Waals surface area contributed by atoms with Crippen molar-refractivity contribution in [1.29, 1.82) is 0 Å². The first kappa shape index (κ1) is 12.6. The predicted octanol–water partition coefficient (Wildman–Crippen LogP) is -0.108. The highest BCUT2D eigenvalue weighted by molar-refractivity contribution is 5.90.